The standard InChI is InChI=1S/C19H22BrNO4/c1-13-9-17(23-3)18(24-4)10-14(13)11-21(2)19(22)12-25-16-8-6-5-7-15(16)20/h5-10H,11-12H2,1-4H3. The third-order valence-corrected chi connectivity index (χ3v) is 4.52. The van der Waals surface area contributed by atoms with Crippen molar-refractivity contribution in [3.63, 3.8) is 0 Å². The van der Waals surface area contributed by atoms with E-state index in [4.69, 9.17) is 14.2 Å². The molecule has 6 heteroatoms. The average molecular weight is 408 g/mol. The van der Waals surface area contributed by atoms with Crippen molar-refractivity contribution in [2.24, 2.45) is 0 Å². The Morgan fingerprint density at radius 3 is 2.36 bits per heavy atom. The zero-order valence-electron chi connectivity index (χ0n) is 14.8. The minimum Gasteiger partial charge on any atom is -0.493 e. The maximum atomic E-state index is 12.4. The monoisotopic (exact) mass is 407 g/mol. The summed E-state index contributed by atoms with van der Waals surface area (Å²) in [6, 6.07) is 11.2. The summed E-state index contributed by atoms with van der Waals surface area (Å²) in [6.45, 7) is 2.42. The van der Waals surface area contributed by atoms with Gasteiger partial charge >= 0.3 is 0 Å². The second-order valence-electron chi connectivity index (χ2n) is 5.60. The Morgan fingerprint density at radius 1 is 1.08 bits per heavy atom. The Morgan fingerprint density at radius 2 is 1.72 bits per heavy atom. The predicted molar refractivity (Wildman–Crippen MR) is 100 cm³/mol. The van der Waals surface area contributed by atoms with Crippen LogP contribution < -0.4 is 14.2 Å². The fraction of sp³-hybridized carbons (Fsp3) is 0.316. The molecule has 0 unspecified atom stereocenters. The fourth-order valence-corrected chi connectivity index (χ4v) is 2.75. The molecule has 0 aliphatic carbocycles. The number of amides is 1. The van der Waals surface area contributed by atoms with Crippen molar-refractivity contribution in [1.82, 2.24) is 4.90 Å². The molecule has 0 atom stereocenters. The topological polar surface area (TPSA) is 48.0 Å². The van der Waals surface area contributed by atoms with Crippen molar-refractivity contribution in [2.45, 2.75) is 13.5 Å². The largest absolute Gasteiger partial charge is 0.493 e. The van der Waals surface area contributed by atoms with Crippen LogP contribution in [0.15, 0.2) is 40.9 Å². The third-order valence-electron chi connectivity index (χ3n) is 3.86. The van der Waals surface area contributed by atoms with Crippen LogP contribution in [0, 0.1) is 6.92 Å². The van der Waals surface area contributed by atoms with Gasteiger partial charge in [0.2, 0.25) is 0 Å². The molecule has 134 valence electrons. The van der Waals surface area contributed by atoms with E-state index in [1.807, 2.05) is 43.3 Å². The van der Waals surface area contributed by atoms with Crippen LogP contribution in [0.2, 0.25) is 0 Å². The van der Waals surface area contributed by atoms with E-state index in [1.165, 1.54) is 0 Å². The molecule has 0 fully saturated rings. The first kappa shape index (κ1) is 19.1. The van der Waals surface area contributed by atoms with E-state index >= 15 is 0 Å². The average Bonchev–Trinajstić information content (AvgIpc) is 2.61. The van der Waals surface area contributed by atoms with Crippen LogP contribution in [0.25, 0.3) is 0 Å². The minimum absolute atomic E-state index is 0.0224. The van der Waals surface area contributed by atoms with Gasteiger partial charge in [-0.2, -0.15) is 0 Å². The number of likely N-dealkylation sites (N-methyl/N-ethyl adjacent to an activating group) is 1. The first-order valence-electron chi connectivity index (χ1n) is 7.79. The molecule has 0 bridgehead atoms. The number of benzene rings is 2. The summed E-state index contributed by atoms with van der Waals surface area (Å²) in [4.78, 5) is 14.0. The highest BCUT2D eigenvalue weighted by Gasteiger charge is 2.15. The van der Waals surface area contributed by atoms with Gasteiger partial charge in [-0.25, -0.2) is 0 Å². The van der Waals surface area contributed by atoms with Crippen molar-refractivity contribution in [2.75, 3.05) is 27.9 Å². The number of nitrogens with zero attached hydrogens (tertiary/aromatic N) is 1. The summed E-state index contributed by atoms with van der Waals surface area (Å²) in [5.74, 6) is 1.86. The van der Waals surface area contributed by atoms with Gasteiger partial charge in [0, 0.05) is 13.6 Å². The molecule has 0 aromatic heterocycles. The van der Waals surface area contributed by atoms with Crippen LogP contribution in [0.1, 0.15) is 11.1 Å². The molecule has 1 amide bonds. The predicted octanol–water partition coefficient (Wildman–Crippen LogP) is 3.81. The van der Waals surface area contributed by atoms with E-state index in [0.29, 0.717) is 23.8 Å². The van der Waals surface area contributed by atoms with Gasteiger partial charge in [-0.05, 0) is 58.2 Å². The summed E-state index contributed by atoms with van der Waals surface area (Å²) in [5, 5.41) is 0. The second-order valence-corrected chi connectivity index (χ2v) is 6.46. The number of ether oxygens (including phenoxy) is 3. The number of methoxy groups -OCH3 is 2. The first-order valence-corrected chi connectivity index (χ1v) is 8.58. The molecule has 25 heavy (non-hydrogen) atoms. The highest BCUT2D eigenvalue weighted by atomic mass is 79.9. The summed E-state index contributed by atoms with van der Waals surface area (Å²) < 4.78 is 17.0. The van der Waals surface area contributed by atoms with Crippen molar-refractivity contribution in [1.29, 1.82) is 0 Å². The Bertz CT molecular complexity index is 748. The lowest BCUT2D eigenvalue weighted by Crippen LogP contribution is -2.31. The molecule has 5 nitrogen and oxygen atoms in total. The number of hydrogen-bond donors (Lipinski definition) is 0. The van der Waals surface area contributed by atoms with Gasteiger partial charge in [0.1, 0.15) is 5.75 Å². The molecule has 0 N–H and O–H groups in total. The van der Waals surface area contributed by atoms with E-state index in [2.05, 4.69) is 15.9 Å². The molecule has 2 aromatic carbocycles. The number of halogens is 1. The number of aryl methyl sites for hydroxylation is 1. The molecular weight excluding hydrogens is 386 g/mol. The van der Waals surface area contributed by atoms with Gasteiger partial charge in [-0.3, -0.25) is 4.79 Å². The van der Waals surface area contributed by atoms with Crippen molar-refractivity contribution in [3.8, 4) is 17.2 Å². The Labute approximate surface area is 156 Å². The highest BCUT2D eigenvalue weighted by Crippen LogP contribution is 2.30. The highest BCUT2D eigenvalue weighted by molar-refractivity contribution is 9.10. The molecule has 0 saturated heterocycles. The number of rotatable bonds is 7. The maximum Gasteiger partial charge on any atom is 0.260 e. The van der Waals surface area contributed by atoms with E-state index in [9.17, 15) is 4.79 Å². The quantitative estimate of drug-likeness (QED) is 0.699. The lowest BCUT2D eigenvalue weighted by atomic mass is 10.1. The van der Waals surface area contributed by atoms with Gasteiger partial charge < -0.3 is 19.1 Å². The zero-order valence-corrected chi connectivity index (χ0v) is 16.4. The van der Waals surface area contributed by atoms with Gasteiger partial charge in [0.25, 0.3) is 5.91 Å². The van der Waals surface area contributed by atoms with Crippen molar-refractivity contribution >= 4 is 21.8 Å². The van der Waals surface area contributed by atoms with Gasteiger partial charge in [-0.15, -0.1) is 0 Å². The van der Waals surface area contributed by atoms with Crippen LogP contribution in [-0.4, -0.2) is 38.7 Å². The summed E-state index contributed by atoms with van der Waals surface area (Å²) in [5.41, 5.74) is 2.03. The van der Waals surface area contributed by atoms with Gasteiger partial charge in [0.05, 0.1) is 18.7 Å². The Hall–Kier alpha value is -2.21. The lowest BCUT2D eigenvalue weighted by Gasteiger charge is -2.20. The van der Waals surface area contributed by atoms with Gasteiger partial charge in [-0.1, -0.05) is 12.1 Å². The second kappa shape index (κ2) is 8.76. The Kier molecular flexibility index (Phi) is 6.70. The molecule has 2 aromatic rings. The van der Waals surface area contributed by atoms with Crippen LogP contribution in [0.5, 0.6) is 17.2 Å². The first-order chi connectivity index (χ1) is 12.0. The summed E-state index contributed by atoms with van der Waals surface area (Å²) in [6.07, 6.45) is 0. The summed E-state index contributed by atoms with van der Waals surface area (Å²) in [7, 11) is 4.95. The molecular formula is C19H22BrNO4. The van der Waals surface area contributed by atoms with Crippen LogP contribution in [0.3, 0.4) is 0 Å². The molecule has 2 rings (SSSR count). The fourth-order valence-electron chi connectivity index (χ4n) is 2.35. The van der Waals surface area contributed by atoms with E-state index in [1.54, 1.807) is 26.2 Å². The molecule has 0 radical (unpaired) electrons. The lowest BCUT2D eigenvalue weighted by molar-refractivity contribution is -0.132. The minimum atomic E-state index is -0.107. The van der Waals surface area contributed by atoms with E-state index < -0.39 is 0 Å². The van der Waals surface area contributed by atoms with Crippen molar-refractivity contribution < 1.29 is 19.0 Å². The molecule has 0 spiro atoms. The van der Waals surface area contributed by atoms with Crippen LogP contribution in [-0.2, 0) is 11.3 Å². The molecule has 0 aliphatic heterocycles. The van der Waals surface area contributed by atoms with Gasteiger partial charge in [0.15, 0.2) is 18.1 Å². The SMILES string of the molecule is COc1cc(C)c(CN(C)C(=O)COc2ccccc2Br)cc1OC. The third kappa shape index (κ3) is 4.89. The number of carbonyl (C=O) groups is 1. The van der Waals surface area contributed by atoms with E-state index in [0.717, 1.165) is 15.6 Å². The molecule has 0 saturated carbocycles. The number of carbonyl (C=O) groups excluding carboxylic acids is 1. The van der Waals surface area contributed by atoms with E-state index in [-0.39, 0.29) is 12.5 Å². The number of para-hydroxylation sites is 1. The Balaban J connectivity index is 2.02. The molecule has 0 aliphatic rings. The van der Waals surface area contributed by atoms with Crippen molar-refractivity contribution in [3.05, 3.63) is 52.0 Å². The molecule has 0 heterocycles. The zero-order chi connectivity index (χ0) is 18.4. The van der Waals surface area contributed by atoms with Crippen LogP contribution in [0.4, 0.5) is 0 Å². The normalized spacial score (nSPS) is 10.3. The summed E-state index contributed by atoms with van der Waals surface area (Å²) >= 11 is 3.40. The smallest absolute Gasteiger partial charge is 0.260 e. The number of hydrogen-bond acceptors (Lipinski definition) is 4. The maximum absolute atomic E-state index is 12.4. The van der Waals surface area contributed by atoms with Crippen LogP contribution >= 0.6 is 15.9 Å².